The van der Waals surface area contributed by atoms with Crippen molar-refractivity contribution in [3.05, 3.63) is 58.2 Å². The number of rotatable bonds is 6. The van der Waals surface area contributed by atoms with Gasteiger partial charge in [0.1, 0.15) is 18.1 Å². The molecule has 0 fully saturated rings. The summed E-state index contributed by atoms with van der Waals surface area (Å²) in [5, 5.41) is 11.0. The van der Waals surface area contributed by atoms with Gasteiger partial charge in [-0.05, 0) is 46.2 Å². The van der Waals surface area contributed by atoms with Gasteiger partial charge < -0.3 is 14.6 Å². The molecule has 2 heterocycles. The summed E-state index contributed by atoms with van der Waals surface area (Å²) in [6, 6.07) is 5.97. The van der Waals surface area contributed by atoms with Crippen LogP contribution >= 0.6 is 0 Å². The first kappa shape index (κ1) is 18.7. The van der Waals surface area contributed by atoms with Crippen LogP contribution in [0, 0.1) is 27.7 Å². The third-order valence-corrected chi connectivity index (χ3v) is 4.55. The highest BCUT2D eigenvalue weighted by molar-refractivity contribution is 6.04. The van der Waals surface area contributed by atoms with Crippen molar-refractivity contribution in [1.29, 1.82) is 0 Å². The molecule has 0 unspecified atom stereocenters. The van der Waals surface area contributed by atoms with Crippen LogP contribution in [0.25, 0.3) is 0 Å². The number of amides is 1. The Balaban J connectivity index is 1.77. The van der Waals surface area contributed by atoms with Gasteiger partial charge in [0.05, 0.1) is 23.1 Å². The third kappa shape index (κ3) is 3.86. The summed E-state index contributed by atoms with van der Waals surface area (Å²) >= 11 is 0. The largest absolute Gasteiger partial charge is 0.488 e. The molecule has 0 aliphatic rings. The molecule has 27 heavy (non-hydrogen) atoms. The van der Waals surface area contributed by atoms with Gasteiger partial charge in [-0.1, -0.05) is 22.9 Å². The Morgan fingerprint density at radius 2 is 2.04 bits per heavy atom. The molecule has 0 aliphatic heterocycles. The minimum absolute atomic E-state index is 0.204. The average molecular weight is 368 g/mol. The molecule has 1 amide bonds. The highest BCUT2D eigenvalue weighted by Crippen LogP contribution is 2.23. The van der Waals surface area contributed by atoms with Crippen LogP contribution in [-0.4, -0.2) is 20.8 Å². The van der Waals surface area contributed by atoms with E-state index in [1.165, 1.54) is 5.56 Å². The zero-order valence-electron chi connectivity index (χ0n) is 16.3. The van der Waals surface area contributed by atoms with Crippen LogP contribution in [0.1, 0.15) is 45.6 Å². The lowest BCUT2D eigenvalue weighted by atomic mass is 10.1. The van der Waals surface area contributed by atoms with E-state index in [0.717, 1.165) is 23.6 Å². The van der Waals surface area contributed by atoms with E-state index in [-0.39, 0.29) is 18.2 Å². The van der Waals surface area contributed by atoms with Gasteiger partial charge in [0.2, 0.25) is 0 Å². The Kier molecular flexibility index (Phi) is 5.30. The van der Waals surface area contributed by atoms with Gasteiger partial charge in [-0.2, -0.15) is 5.10 Å². The van der Waals surface area contributed by atoms with E-state index in [0.29, 0.717) is 17.0 Å². The molecular formula is C20H24N4O3. The normalized spacial score (nSPS) is 10.9. The Hall–Kier alpha value is -3.09. The molecule has 7 nitrogen and oxygen atoms in total. The number of nitrogens with zero attached hydrogens (tertiary/aromatic N) is 3. The minimum atomic E-state index is -0.343. The molecule has 0 saturated carbocycles. The van der Waals surface area contributed by atoms with Gasteiger partial charge in [0.25, 0.3) is 5.91 Å². The quantitative estimate of drug-likeness (QED) is 0.712. The number of benzene rings is 1. The van der Waals surface area contributed by atoms with Gasteiger partial charge in [0.15, 0.2) is 5.69 Å². The van der Waals surface area contributed by atoms with Crippen LogP contribution in [-0.2, 0) is 13.2 Å². The zero-order valence-corrected chi connectivity index (χ0v) is 16.3. The van der Waals surface area contributed by atoms with E-state index in [4.69, 9.17) is 9.26 Å². The fraction of sp³-hybridized carbons (Fsp3) is 0.350. The fourth-order valence-corrected chi connectivity index (χ4v) is 2.92. The molecule has 1 aromatic carbocycles. The molecule has 3 rings (SSSR count). The lowest BCUT2D eigenvalue weighted by Gasteiger charge is -2.10. The van der Waals surface area contributed by atoms with Crippen molar-refractivity contribution in [3.8, 4) is 5.75 Å². The van der Waals surface area contributed by atoms with Crippen molar-refractivity contribution in [1.82, 2.24) is 14.9 Å². The van der Waals surface area contributed by atoms with Crippen LogP contribution in [0.2, 0.25) is 0 Å². The van der Waals surface area contributed by atoms with Gasteiger partial charge >= 0.3 is 0 Å². The molecule has 7 heteroatoms. The monoisotopic (exact) mass is 368 g/mol. The Labute approximate surface area is 158 Å². The Morgan fingerprint density at radius 1 is 1.26 bits per heavy atom. The summed E-state index contributed by atoms with van der Waals surface area (Å²) < 4.78 is 13.0. The molecule has 1 N–H and O–H groups in total. The average Bonchev–Trinajstić information content (AvgIpc) is 3.17. The van der Waals surface area contributed by atoms with Crippen molar-refractivity contribution in [3.63, 3.8) is 0 Å². The minimum Gasteiger partial charge on any atom is -0.488 e. The lowest BCUT2D eigenvalue weighted by molar-refractivity contribution is 0.101. The predicted molar refractivity (Wildman–Crippen MR) is 102 cm³/mol. The maximum absolute atomic E-state index is 12.7. The van der Waals surface area contributed by atoms with Crippen molar-refractivity contribution < 1.29 is 14.1 Å². The molecule has 142 valence electrons. The first-order valence-electron chi connectivity index (χ1n) is 8.89. The lowest BCUT2D eigenvalue weighted by Crippen LogP contribution is -2.16. The molecule has 0 atom stereocenters. The highest BCUT2D eigenvalue weighted by Gasteiger charge is 2.22. The van der Waals surface area contributed by atoms with E-state index in [1.54, 1.807) is 13.1 Å². The first-order chi connectivity index (χ1) is 12.9. The van der Waals surface area contributed by atoms with Gasteiger partial charge in [-0.3, -0.25) is 9.48 Å². The summed E-state index contributed by atoms with van der Waals surface area (Å²) in [5.41, 5.74) is 4.61. The van der Waals surface area contributed by atoms with E-state index in [9.17, 15) is 4.79 Å². The zero-order chi connectivity index (χ0) is 19.6. The molecule has 0 saturated heterocycles. The van der Waals surface area contributed by atoms with E-state index in [2.05, 4.69) is 21.6 Å². The van der Waals surface area contributed by atoms with Crippen LogP contribution in [0.4, 0.5) is 5.69 Å². The van der Waals surface area contributed by atoms with Crippen LogP contribution < -0.4 is 10.1 Å². The van der Waals surface area contributed by atoms with Crippen LogP contribution in [0.15, 0.2) is 28.9 Å². The topological polar surface area (TPSA) is 82.2 Å². The molecule has 0 spiro atoms. The number of aryl methyl sites for hydroxylation is 4. The number of hydrogen-bond acceptors (Lipinski definition) is 5. The van der Waals surface area contributed by atoms with Gasteiger partial charge in [-0.15, -0.1) is 0 Å². The molecule has 0 aliphatic carbocycles. The van der Waals surface area contributed by atoms with Crippen molar-refractivity contribution in [2.45, 2.75) is 47.8 Å². The molecule has 0 radical (unpaired) electrons. The van der Waals surface area contributed by atoms with Crippen molar-refractivity contribution >= 4 is 11.6 Å². The van der Waals surface area contributed by atoms with Crippen LogP contribution in [0.3, 0.4) is 0 Å². The van der Waals surface area contributed by atoms with Gasteiger partial charge in [0, 0.05) is 6.54 Å². The fourth-order valence-electron chi connectivity index (χ4n) is 2.92. The Bertz CT molecular complexity index is 972. The van der Waals surface area contributed by atoms with Crippen molar-refractivity contribution in [2.24, 2.45) is 0 Å². The highest BCUT2D eigenvalue weighted by atomic mass is 16.5. The summed E-state index contributed by atoms with van der Waals surface area (Å²) in [6.45, 7) is 10.6. The Morgan fingerprint density at radius 3 is 2.70 bits per heavy atom. The first-order valence-corrected chi connectivity index (χ1v) is 8.89. The second kappa shape index (κ2) is 7.65. The maximum Gasteiger partial charge on any atom is 0.278 e. The smallest absolute Gasteiger partial charge is 0.278 e. The summed E-state index contributed by atoms with van der Waals surface area (Å²) in [7, 11) is 0. The number of carbonyl (C=O) groups excluding carboxylic acids is 1. The number of aromatic nitrogens is 3. The SMILES string of the molecule is CCn1ncc(NC(=O)c2noc(C)c2COc2ccc(C)cc2C)c1C. The molecule has 3 aromatic rings. The number of anilines is 1. The second-order valence-corrected chi connectivity index (χ2v) is 6.54. The number of hydrogen-bond donors (Lipinski definition) is 1. The maximum atomic E-state index is 12.7. The number of carbonyl (C=O) groups is 1. The van der Waals surface area contributed by atoms with Gasteiger partial charge in [-0.25, -0.2) is 0 Å². The second-order valence-electron chi connectivity index (χ2n) is 6.54. The molecule has 2 aromatic heterocycles. The van der Waals surface area contributed by atoms with Crippen molar-refractivity contribution in [2.75, 3.05) is 5.32 Å². The third-order valence-electron chi connectivity index (χ3n) is 4.55. The van der Waals surface area contributed by atoms with Crippen LogP contribution in [0.5, 0.6) is 5.75 Å². The van der Waals surface area contributed by atoms with E-state index in [1.807, 2.05) is 44.5 Å². The predicted octanol–water partition coefficient (Wildman–Crippen LogP) is 3.96. The number of nitrogens with one attached hydrogen (secondary N) is 1. The summed E-state index contributed by atoms with van der Waals surface area (Å²) in [4.78, 5) is 12.7. The number of ether oxygens (including phenoxy) is 1. The summed E-state index contributed by atoms with van der Waals surface area (Å²) in [6.07, 6.45) is 1.63. The standard InChI is InChI=1S/C20H24N4O3/c1-6-24-14(4)17(10-21-24)22-20(25)19-16(15(5)27-23-19)11-26-18-8-7-12(2)9-13(18)3/h7-10H,6,11H2,1-5H3,(H,22,25). The van der Waals surface area contributed by atoms with E-state index < -0.39 is 0 Å². The summed E-state index contributed by atoms with van der Waals surface area (Å²) in [5.74, 6) is 0.989. The van der Waals surface area contributed by atoms with E-state index >= 15 is 0 Å². The molecule has 0 bridgehead atoms. The molecular weight excluding hydrogens is 344 g/mol.